The summed E-state index contributed by atoms with van der Waals surface area (Å²) in [5.41, 5.74) is 6.90. The van der Waals surface area contributed by atoms with Gasteiger partial charge in [-0.05, 0) is 50.9 Å². The van der Waals surface area contributed by atoms with Crippen molar-refractivity contribution in [1.82, 2.24) is 10.3 Å². The third-order valence-electron chi connectivity index (χ3n) is 2.95. The van der Waals surface area contributed by atoms with Gasteiger partial charge in [0.25, 0.3) is 0 Å². The van der Waals surface area contributed by atoms with Gasteiger partial charge in [-0.1, -0.05) is 6.92 Å². The van der Waals surface area contributed by atoms with E-state index in [0.29, 0.717) is 11.9 Å². The molecule has 1 aromatic heterocycles. The molecule has 3 N–H and O–H groups in total. The molecule has 2 unspecified atom stereocenters. The van der Waals surface area contributed by atoms with E-state index in [2.05, 4.69) is 24.1 Å². The monoisotopic (exact) mass is 251 g/mol. The third kappa shape index (κ3) is 5.02. The summed E-state index contributed by atoms with van der Waals surface area (Å²) in [7, 11) is 0. The Hall–Kier alpha value is -1.13. The fourth-order valence-corrected chi connectivity index (χ4v) is 1.99. The number of nitrogens with two attached hydrogens (primary N) is 1. The molecule has 0 aliphatic carbocycles. The van der Waals surface area contributed by atoms with Gasteiger partial charge < -0.3 is 15.8 Å². The van der Waals surface area contributed by atoms with E-state index >= 15 is 0 Å². The molecule has 1 rings (SSSR count). The molecule has 18 heavy (non-hydrogen) atoms. The Bertz CT molecular complexity index is 344. The highest BCUT2D eigenvalue weighted by molar-refractivity contribution is 5.32. The number of ether oxygens (including phenoxy) is 1. The molecule has 1 aromatic rings. The predicted octanol–water partition coefficient (Wildman–Crippen LogP) is 2.00. The van der Waals surface area contributed by atoms with Gasteiger partial charge in [0.1, 0.15) is 5.82 Å². The first-order chi connectivity index (χ1) is 8.67. The first kappa shape index (κ1) is 14.9. The van der Waals surface area contributed by atoms with Crippen molar-refractivity contribution in [2.24, 2.45) is 0 Å². The van der Waals surface area contributed by atoms with Gasteiger partial charge in [-0.3, -0.25) is 0 Å². The van der Waals surface area contributed by atoms with E-state index in [-0.39, 0.29) is 6.10 Å². The Labute approximate surface area is 110 Å². The van der Waals surface area contributed by atoms with Gasteiger partial charge in [0.05, 0.1) is 6.10 Å². The molecular formula is C14H25N3O. The molecule has 1 heterocycles. The number of rotatable bonds is 8. The lowest BCUT2D eigenvalue weighted by atomic mass is 10.0. The van der Waals surface area contributed by atoms with Gasteiger partial charge in [0, 0.05) is 18.8 Å². The molecule has 2 atom stereocenters. The second kappa shape index (κ2) is 8.06. The van der Waals surface area contributed by atoms with Gasteiger partial charge in [-0.2, -0.15) is 0 Å². The molecule has 0 saturated carbocycles. The highest BCUT2D eigenvalue weighted by Crippen LogP contribution is 2.10. The maximum absolute atomic E-state index is 5.71. The average Bonchev–Trinajstić information content (AvgIpc) is 2.34. The predicted molar refractivity (Wildman–Crippen MR) is 75.5 cm³/mol. The summed E-state index contributed by atoms with van der Waals surface area (Å²) in [6.07, 6.45) is 3.98. The lowest BCUT2D eigenvalue weighted by Gasteiger charge is -2.25. The molecule has 0 aromatic carbocycles. The Morgan fingerprint density at radius 2 is 2.22 bits per heavy atom. The summed E-state index contributed by atoms with van der Waals surface area (Å²) in [5, 5.41) is 3.54. The lowest BCUT2D eigenvalue weighted by molar-refractivity contribution is 0.0476. The number of anilines is 1. The van der Waals surface area contributed by atoms with Crippen LogP contribution in [0.1, 0.15) is 32.8 Å². The maximum Gasteiger partial charge on any atom is 0.123 e. The lowest BCUT2D eigenvalue weighted by Crippen LogP contribution is -2.42. The van der Waals surface area contributed by atoms with Crippen molar-refractivity contribution in [2.75, 3.05) is 18.9 Å². The average molecular weight is 251 g/mol. The zero-order valence-corrected chi connectivity index (χ0v) is 11.6. The van der Waals surface area contributed by atoms with E-state index in [1.54, 1.807) is 6.20 Å². The molecule has 0 amide bonds. The molecule has 0 radical (unpaired) electrons. The standard InChI is InChI=1S/C14H25N3O/c1-4-7-16-13(11(3)18-5-2)9-12-6-8-17-14(15)10-12/h6,8,10-11,13,16H,4-5,7,9H2,1-3H3,(H2,15,17). The van der Waals surface area contributed by atoms with Gasteiger partial charge >= 0.3 is 0 Å². The van der Waals surface area contributed by atoms with Gasteiger partial charge in [0.15, 0.2) is 0 Å². The van der Waals surface area contributed by atoms with Gasteiger partial charge in [0.2, 0.25) is 0 Å². The number of pyridine rings is 1. The molecule has 4 nitrogen and oxygen atoms in total. The van der Waals surface area contributed by atoms with Crippen molar-refractivity contribution in [2.45, 2.75) is 45.8 Å². The first-order valence-electron chi connectivity index (χ1n) is 6.72. The topological polar surface area (TPSA) is 60.2 Å². The van der Waals surface area contributed by atoms with Crippen LogP contribution in [0.4, 0.5) is 5.82 Å². The van der Waals surface area contributed by atoms with Crippen LogP contribution >= 0.6 is 0 Å². The minimum Gasteiger partial charge on any atom is -0.384 e. The largest absolute Gasteiger partial charge is 0.384 e. The van der Waals surface area contributed by atoms with Crippen LogP contribution in [0, 0.1) is 0 Å². The zero-order valence-electron chi connectivity index (χ0n) is 11.6. The smallest absolute Gasteiger partial charge is 0.123 e. The summed E-state index contributed by atoms with van der Waals surface area (Å²) < 4.78 is 5.69. The van der Waals surface area contributed by atoms with Crippen LogP contribution in [0.2, 0.25) is 0 Å². The molecule has 0 aliphatic rings. The Morgan fingerprint density at radius 1 is 1.44 bits per heavy atom. The molecule has 0 aliphatic heterocycles. The fourth-order valence-electron chi connectivity index (χ4n) is 1.99. The van der Waals surface area contributed by atoms with E-state index in [9.17, 15) is 0 Å². The van der Waals surface area contributed by atoms with E-state index < -0.39 is 0 Å². The van der Waals surface area contributed by atoms with Gasteiger partial charge in [-0.25, -0.2) is 4.98 Å². The van der Waals surface area contributed by atoms with Crippen LogP contribution < -0.4 is 11.1 Å². The van der Waals surface area contributed by atoms with Crippen LogP contribution in [0.25, 0.3) is 0 Å². The third-order valence-corrected chi connectivity index (χ3v) is 2.95. The molecule has 0 fully saturated rings. The second-order valence-corrected chi connectivity index (χ2v) is 4.51. The van der Waals surface area contributed by atoms with E-state index in [4.69, 9.17) is 10.5 Å². The number of nitrogens with one attached hydrogen (secondary N) is 1. The van der Waals surface area contributed by atoms with Crippen molar-refractivity contribution in [1.29, 1.82) is 0 Å². The molecule has 102 valence electrons. The summed E-state index contributed by atoms with van der Waals surface area (Å²) >= 11 is 0. The van der Waals surface area contributed by atoms with Crippen LogP contribution in [0.15, 0.2) is 18.3 Å². The number of nitrogen functional groups attached to an aromatic ring is 1. The molecular weight excluding hydrogens is 226 g/mol. The molecule has 0 saturated heterocycles. The number of nitrogens with zero attached hydrogens (tertiary/aromatic N) is 1. The summed E-state index contributed by atoms with van der Waals surface area (Å²) in [4.78, 5) is 4.02. The van der Waals surface area contributed by atoms with E-state index in [1.807, 2.05) is 19.1 Å². The van der Waals surface area contributed by atoms with Crippen molar-refractivity contribution in [3.63, 3.8) is 0 Å². The highest BCUT2D eigenvalue weighted by atomic mass is 16.5. The quantitative estimate of drug-likeness (QED) is 0.742. The minimum atomic E-state index is 0.191. The SMILES string of the molecule is CCCNC(Cc1ccnc(N)c1)C(C)OCC. The zero-order chi connectivity index (χ0) is 13.4. The highest BCUT2D eigenvalue weighted by Gasteiger charge is 2.17. The molecule has 4 heteroatoms. The van der Waals surface area contributed by atoms with E-state index in [1.165, 1.54) is 5.56 Å². The Kier molecular flexibility index (Phi) is 6.68. The summed E-state index contributed by atoms with van der Waals surface area (Å²) in [5.74, 6) is 0.575. The normalized spacial score (nSPS) is 14.4. The number of aromatic nitrogens is 1. The maximum atomic E-state index is 5.71. The van der Waals surface area contributed by atoms with Crippen LogP contribution in [-0.2, 0) is 11.2 Å². The van der Waals surface area contributed by atoms with Gasteiger partial charge in [-0.15, -0.1) is 0 Å². The summed E-state index contributed by atoms with van der Waals surface area (Å²) in [6, 6.07) is 4.25. The van der Waals surface area contributed by atoms with E-state index in [0.717, 1.165) is 26.0 Å². The van der Waals surface area contributed by atoms with Crippen LogP contribution in [-0.4, -0.2) is 30.3 Å². The van der Waals surface area contributed by atoms with Crippen molar-refractivity contribution < 1.29 is 4.74 Å². The van der Waals surface area contributed by atoms with Crippen LogP contribution in [0.3, 0.4) is 0 Å². The van der Waals surface area contributed by atoms with Crippen molar-refractivity contribution in [3.05, 3.63) is 23.9 Å². The van der Waals surface area contributed by atoms with Crippen molar-refractivity contribution >= 4 is 5.82 Å². The minimum absolute atomic E-state index is 0.191. The second-order valence-electron chi connectivity index (χ2n) is 4.51. The molecule has 0 spiro atoms. The number of hydrogen-bond acceptors (Lipinski definition) is 4. The Morgan fingerprint density at radius 3 is 2.83 bits per heavy atom. The summed E-state index contributed by atoms with van der Waals surface area (Å²) in [6.45, 7) is 8.05. The Balaban J connectivity index is 2.64. The molecule has 0 bridgehead atoms. The van der Waals surface area contributed by atoms with Crippen LogP contribution in [0.5, 0.6) is 0 Å². The first-order valence-corrected chi connectivity index (χ1v) is 6.72. The number of hydrogen-bond donors (Lipinski definition) is 2. The fraction of sp³-hybridized carbons (Fsp3) is 0.643. The van der Waals surface area contributed by atoms with Crippen molar-refractivity contribution in [3.8, 4) is 0 Å².